The summed E-state index contributed by atoms with van der Waals surface area (Å²) in [5.74, 6) is 2.60. The van der Waals surface area contributed by atoms with Gasteiger partial charge in [0.05, 0.1) is 6.10 Å². The molecule has 1 aromatic carbocycles. The molecule has 5 atom stereocenters. The maximum Gasteiger partial charge on any atom is 0.0630 e. The molecule has 21 heavy (non-hydrogen) atoms. The van der Waals surface area contributed by atoms with Crippen molar-refractivity contribution >= 4 is 0 Å². The van der Waals surface area contributed by atoms with Crippen molar-refractivity contribution in [1.29, 1.82) is 0 Å². The molecule has 113 valence electrons. The van der Waals surface area contributed by atoms with Gasteiger partial charge in [-0.05, 0) is 85.3 Å². The Hall–Kier alpha value is -0.820. The van der Waals surface area contributed by atoms with Crippen LogP contribution in [0.2, 0.25) is 0 Å². The van der Waals surface area contributed by atoms with Crippen LogP contribution in [-0.4, -0.2) is 13.2 Å². The lowest BCUT2D eigenvalue weighted by atomic mass is 9.54. The second-order valence-electron chi connectivity index (χ2n) is 7.47. The van der Waals surface area contributed by atoms with E-state index >= 15 is 0 Å². The van der Waals surface area contributed by atoms with Crippen molar-refractivity contribution in [2.24, 2.45) is 17.3 Å². The maximum absolute atomic E-state index is 5.92. The highest BCUT2D eigenvalue weighted by Gasteiger charge is 2.56. The topological polar surface area (TPSA) is 9.23 Å². The fourth-order valence-electron chi connectivity index (χ4n) is 6.24. The predicted octanol–water partition coefficient (Wildman–Crippen LogP) is 4.75. The van der Waals surface area contributed by atoms with Crippen LogP contribution in [0.5, 0.6) is 0 Å². The number of hydrogen-bond acceptors (Lipinski definition) is 1. The highest BCUT2D eigenvalue weighted by molar-refractivity contribution is 5.34. The molecule has 1 nitrogen and oxygen atoms in total. The van der Waals surface area contributed by atoms with Crippen molar-refractivity contribution in [1.82, 2.24) is 0 Å². The van der Waals surface area contributed by atoms with Gasteiger partial charge >= 0.3 is 0 Å². The van der Waals surface area contributed by atoms with Crippen LogP contribution in [0, 0.1) is 23.3 Å². The van der Waals surface area contributed by atoms with Crippen LogP contribution in [0.25, 0.3) is 0 Å². The molecule has 1 aromatic rings. The average Bonchev–Trinajstić information content (AvgIpc) is 2.93. The molecule has 0 saturated heterocycles. The van der Waals surface area contributed by atoms with Gasteiger partial charge in [0.1, 0.15) is 0 Å². The highest BCUT2D eigenvalue weighted by atomic mass is 16.5. The maximum atomic E-state index is 5.92. The van der Waals surface area contributed by atoms with E-state index in [9.17, 15) is 0 Å². The molecular formula is C20H27O. The summed E-state index contributed by atoms with van der Waals surface area (Å²) < 4.78 is 5.92. The summed E-state index contributed by atoms with van der Waals surface area (Å²) in [5, 5.41) is 0. The molecule has 0 aliphatic heterocycles. The highest BCUT2D eigenvalue weighted by Crippen LogP contribution is 2.62. The van der Waals surface area contributed by atoms with E-state index in [0.29, 0.717) is 11.5 Å². The normalized spacial score (nSPS) is 41.2. The first-order valence-electron chi connectivity index (χ1n) is 8.82. The van der Waals surface area contributed by atoms with E-state index in [0.717, 1.165) is 17.8 Å². The number of benzene rings is 1. The van der Waals surface area contributed by atoms with E-state index in [4.69, 9.17) is 4.74 Å². The van der Waals surface area contributed by atoms with Crippen LogP contribution in [0.15, 0.2) is 18.2 Å². The summed E-state index contributed by atoms with van der Waals surface area (Å²) in [6.45, 7) is 2.40. The molecule has 0 bridgehead atoms. The zero-order valence-corrected chi connectivity index (χ0v) is 13.4. The van der Waals surface area contributed by atoms with Crippen LogP contribution in [0.4, 0.5) is 0 Å². The predicted molar refractivity (Wildman–Crippen MR) is 85.3 cm³/mol. The van der Waals surface area contributed by atoms with Crippen LogP contribution in [0.1, 0.15) is 62.5 Å². The van der Waals surface area contributed by atoms with Gasteiger partial charge in [0.2, 0.25) is 0 Å². The van der Waals surface area contributed by atoms with Crippen molar-refractivity contribution in [3.8, 4) is 0 Å². The molecule has 0 unspecified atom stereocenters. The van der Waals surface area contributed by atoms with Gasteiger partial charge in [0.25, 0.3) is 0 Å². The summed E-state index contributed by atoms with van der Waals surface area (Å²) in [5.41, 5.74) is 3.70. The zero-order valence-electron chi connectivity index (χ0n) is 13.4. The number of hydrogen-bond donors (Lipinski definition) is 0. The Labute approximate surface area is 129 Å². The molecule has 3 aliphatic carbocycles. The number of fused-ring (bicyclic) bond motifs is 5. The Kier molecular flexibility index (Phi) is 3.37. The van der Waals surface area contributed by atoms with E-state index < -0.39 is 0 Å². The van der Waals surface area contributed by atoms with E-state index in [-0.39, 0.29) is 0 Å². The molecule has 0 aromatic heterocycles. The van der Waals surface area contributed by atoms with Crippen LogP contribution >= 0.6 is 0 Å². The van der Waals surface area contributed by atoms with Gasteiger partial charge in [-0.1, -0.05) is 25.1 Å². The summed E-state index contributed by atoms with van der Waals surface area (Å²) in [6, 6.07) is 9.99. The van der Waals surface area contributed by atoms with Gasteiger partial charge in [-0.3, -0.25) is 0 Å². The molecule has 1 heteroatoms. The van der Waals surface area contributed by atoms with E-state index in [1.54, 1.807) is 11.1 Å². The smallest absolute Gasteiger partial charge is 0.0630 e. The molecule has 0 heterocycles. The molecule has 0 amide bonds. The SMILES string of the molecule is CC[C@]12CC[C@@H]3c4cc[c]cc4CC[C@H]3[C@@H]1CC[C@@H]2OC. The average molecular weight is 283 g/mol. The Morgan fingerprint density at radius 1 is 1.29 bits per heavy atom. The van der Waals surface area contributed by atoms with Crippen LogP contribution < -0.4 is 0 Å². The molecule has 1 radical (unpaired) electrons. The molecule has 4 rings (SSSR count). The van der Waals surface area contributed by atoms with Gasteiger partial charge in [-0.2, -0.15) is 0 Å². The fourth-order valence-corrected chi connectivity index (χ4v) is 6.24. The van der Waals surface area contributed by atoms with E-state index in [1.807, 2.05) is 7.11 Å². The lowest BCUT2D eigenvalue weighted by molar-refractivity contribution is -0.0592. The quantitative estimate of drug-likeness (QED) is 0.761. The molecule has 2 fully saturated rings. The van der Waals surface area contributed by atoms with Gasteiger partial charge in [0, 0.05) is 7.11 Å². The summed E-state index contributed by atoms with van der Waals surface area (Å²) in [4.78, 5) is 0. The molecular weight excluding hydrogens is 256 g/mol. The molecule has 0 spiro atoms. The summed E-state index contributed by atoms with van der Waals surface area (Å²) in [7, 11) is 1.93. The minimum Gasteiger partial charge on any atom is -0.381 e. The number of methoxy groups -OCH3 is 1. The van der Waals surface area contributed by atoms with E-state index in [1.165, 1.54) is 44.9 Å². The van der Waals surface area contributed by atoms with Gasteiger partial charge < -0.3 is 4.74 Å². The van der Waals surface area contributed by atoms with Crippen molar-refractivity contribution < 1.29 is 4.74 Å². The van der Waals surface area contributed by atoms with E-state index in [2.05, 4.69) is 31.2 Å². The van der Waals surface area contributed by atoms with Gasteiger partial charge in [-0.15, -0.1) is 0 Å². The molecule has 0 N–H and O–H groups in total. The minimum atomic E-state index is 0.480. The van der Waals surface area contributed by atoms with Crippen molar-refractivity contribution in [3.63, 3.8) is 0 Å². The second kappa shape index (κ2) is 5.12. The molecule has 3 aliphatic rings. The number of rotatable bonds is 2. The fraction of sp³-hybridized carbons (Fsp3) is 0.700. The number of aryl methyl sites for hydroxylation is 1. The number of ether oxygens (including phenoxy) is 1. The lowest BCUT2D eigenvalue weighted by Crippen LogP contribution is -2.46. The first-order chi connectivity index (χ1) is 10.3. The lowest BCUT2D eigenvalue weighted by Gasteiger charge is -2.52. The largest absolute Gasteiger partial charge is 0.381 e. The van der Waals surface area contributed by atoms with Crippen molar-refractivity contribution in [2.75, 3.05) is 7.11 Å². The van der Waals surface area contributed by atoms with Gasteiger partial charge in [0.15, 0.2) is 0 Å². The third-order valence-electron chi connectivity index (χ3n) is 7.15. The summed E-state index contributed by atoms with van der Waals surface area (Å²) >= 11 is 0. The summed E-state index contributed by atoms with van der Waals surface area (Å²) in [6.07, 6.45) is 9.88. The Morgan fingerprint density at radius 2 is 2.19 bits per heavy atom. The zero-order chi connectivity index (χ0) is 14.4. The minimum absolute atomic E-state index is 0.480. The second-order valence-corrected chi connectivity index (χ2v) is 7.47. The first kappa shape index (κ1) is 13.8. The third-order valence-corrected chi connectivity index (χ3v) is 7.15. The third kappa shape index (κ3) is 1.86. The van der Waals surface area contributed by atoms with Crippen LogP contribution in [-0.2, 0) is 11.2 Å². The van der Waals surface area contributed by atoms with Crippen molar-refractivity contribution in [2.45, 2.75) is 63.9 Å². The monoisotopic (exact) mass is 283 g/mol. The Bertz CT molecular complexity index is 522. The van der Waals surface area contributed by atoms with Gasteiger partial charge in [-0.25, -0.2) is 0 Å². The van der Waals surface area contributed by atoms with Crippen LogP contribution in [0.3, 0.4) is 0 Å². The molecule has 2 saturated carbocycles. The standard InChI is InChI=1S/C20H27O/c1-3-20-13-12-16-15-7-5-4-6-14(15)8-9-17(16)18(20)10-11-19(20)21-2/h5-7,16-19H,3,8-13H2,1-2H3/t16-,17-,18+,19+,20+/m1/s1. The first-order valence-corrected chi connectivity index (χ1v) is 8.82. The Balaban J connectivity index is 1.70. The van der Waals surface area contributed by atoms with Crippen molar-refractivity contribution in [3.05, 3.63) is 35.4 Å². The Morgan fingerprint density at radius 3 is 3.00 bits per heavy atom.